The summed E-state index contributed by atoms with van der Waals surface area (Å²) in [5.41, 5.74) is 1.60. The van der Waals surface area contributed by atoms with Crippen molar-refractivity contribution in [2.45, 2.75) is 6.54 Å². The number of rotatable bonds is 5. The van der Waals surface area contributed by atoms with Gasteiger partial charge in [0.15, 0.2) is 5.11 Å². The van der Waals surface area contributed by atoms with Crippen LogP contribution in [0.3, 0.4) is 0 Å². The molecule has 7 heteroatoms. The SMILES string of the molecule is O=C(CNC(=S)NCc1ccc(F)cc1)Nc1ccccc1Br. The van der Waals surface area contributed by atoms with Gasteiger partial charge in [0.25, 0.3) is 0 Å². The number of amides is 1. The Bertz CT molecular complexity index is 694. The summed E-state index contributed by atoms with van der Waals surface area (Å²) in [4.78, 5) is 11.9. The molecule has 0 bridgehead atoms. The molecule has 1 amide bonds. The third-order valence-electron chi connectivity index (χ3n) is 2.92. The second kappa shape index (κ2) is 8.59. The molecule has 0 aliphatic rings. The van der Waals surface area contributed by atoms with Crippen LogP contribution in [-0.4, -0.2) is 17.6 Å². The predicted octanol–water partition coefficient (Wildman–Crippen LogP) is 3.19. The summed E-state index contributed by atoms with van der Waals surface area (Å²) in [5.74, 6) is -0.485. The van der Waals surface area contributed by atoms with Gasteiger partial charge in [-0.05, 0) is 58.0 Å². The molecule has 2 rings (SSSR count). The van der Waals surface area contributed by atoms with Crippen LogP contribution < -0.4 is 16.0 Å². The van der Waals surface area contributed by atoms with E-state index in [1.807, 2.05) is 18.2 Å². The van der Waals surface area contributed by atoms with E-state index in [1.54, 1.807) is 18.2 Å². The van der Waals surface area contributed by atoms with E-state index in [9.17, 15) is 9.18 Å². The summed E-state index contributed by atoms with van der Waals surface area (Å²) in [5, 5.41) is 8.91. The number of halogens is 2. The van der Waals surface area contributed by atoms with Gasteiger partial charge in [-0.1, -0.05) is 24.3 Å². The Morgan fingerprint density at radius 1 is 1.09 bits per heavy atom. The molecule has 120 valence electrons. The van der Waals surface area contributed by atoms with Crippen LogP contribution in [0.25, 0.3) is 0 Å². The van der Waals surface area contributed by atoms with Crippen LogP contribution in [-0.2, 0) is 11.3 Å². The third-order valence-corrected chi connectivity index (χ3v) is 3.90. The molecule has 0 aromatic heterocycles. The van der Waals surface area contributed by atoms with E-state index in [-0.39, 0.29) is 18.3 Å². The van der Waals surface area contributed by atoms with Crippen LogP contribution in [0, 0.1) is 5.82 Å². The maximum atomic E-state index is 12.8. The number of para-hydroxylation sites is 1. The lowest BCUT2D eigenvalue weighted by Crippen LogP contribution is -2.39. The number of nitrogens with one attached hydrogen (secondary N) is 3. The highest BCUT2D eigenvalue weighted by Crippen LogP contribution is 2.20. The van der Waals surface area contributed by atoms with Crippen LogP contribution in [0.15, 0.2) is 53.0 Å². The van der Waals surface area contributed by atoms with Crippen molar-refractivity contribution in [1.82, 2.24) is 10.6 Å². The van der Waals surface area contributed by atoms with Gasteiger partial charge in [0.1, 0.15) is 5.82 Å². The topological polar surface area (TPSA) is 53.2 Å². The molecule has 3 N–H and O–H groups in total. The van der Waals surface area contributed by atoms with Crippen molar-refractivity contribution >= 4 is 44.9 Å². The van der Waals surface area contributed by atoms with Crippen LogP contribution in [0.2, 0.25) is 0 Å². The second-order valence-electron chi connectivity index (χ2n) is 4.69. The molecule has 0 saturated carbocycles. The van der Waals surface area contributed by atoms with Crippen LogP contribution in [0.4, 0.5) is 10.1 Å². The number of carbonyl (C=O) groups is 1. The zero-order chi connectivity index (χ0) is 16.7. The highest BCUT2D eigenvalue weighted by Gasteiger charge is 2.05. The number of anilines is 1. The Hall–Kier alpha value is -1.99. The van der Waals surface area contributed by atoms with E-state index in [0.29, 0.717) is 17.3 Å². The van der Waals surface area contributed by atoms with Crippen LogP contribution in [0.5, 0.6) is 0 Å². The molecule has 0 unspecified atom stereocenters. The number of carbonyl (C=O) groups excluding carboxylic acids is 1. The number of hydrogen-bond acceptors (Lipinski definition) is 2. The third kappa shape index (κ3) is 5.96. The first-order valence-corrected chi connectivity index (χ1v) is 8.05. The van der Waals surface area contributed by atoms with Crippen molar-refractivity contribution < 1.29 is 9.18 Å². The van der Waals surface area contributed by atoms with Crippen LogP contribution >= 0.6 is 28.1 Å². The van der Waals surface area contributed by atoms with Crippen molar-refractivity contribution in [3.8, 4) is 0 Å². The van der Waals surface area contributed by atoms with Crippen molar-refractivity contribution in [2.75, 3.05) is 11.9 Å². The predicted molar refractivity (Wildman–Crippen MR) is 96.6 cm³/mol. The maximum absolute atomic E-state index is 12.8. The van der Waals surface area contributed by atoms with E-state index < -0.39 is 0 Å². The Labute approximate surface area is 147 Å². The monoisotopic (exact) mass is 395 g/mol. The summed E-state index contributed by atoms with van der Waals surface area (Å²) >= 11 is 8.46. The van der Waals surface area contributed by atoms with Gasteiger partial charge in [-0.15, -0.1) is 0 Å². The molecule has 0 atom stereocenters. The summed E-state index contributed by atoms with van der Waals surface area (Å²) < 4.78 is 13.6. The second-order valence-corrected chi connectivity index (χ2v) is 5.95. The lowest BCUT2D eigenvalue weighted by molar-refractivity contribution is -0.115. The minimum Gasteiger partial charge on any atom is -0.359 e. The summed E-state index contributed by atoms with van der Waals surface area (Å²) in [6.07, 6.45) is 0. The minimum absolute atomic E-state index is 0.0522. The largest absolute Gasteiger partial charge is 0.359 e. The summed E-state index contributed by atoms with van der Waals surface area (Å²) in [7, 11) is 0. The molecule has 2 aromatic carbocycles. The molecule has 0 radical (unpaired) electrons. The molecule has 23 heavy (non-hydrogen) atoms. The molecule has 0 aliphatic carbocycles. The fraction of sp³-hybridized carbons (Fsp3) is 0.125. The summed E-state index contributed by atoms with van der Waals surface area (Å²) in [6.45, 7) is 0.508. The van der Waals surface area contributed by atoms with Gasteiger partial charge in [-0.3, -0.25) is 4.79 Å². The Morgan fingerprint density at radius 2 is 1.78 bits per heavy atom. The Kier molecular flexibility index (Phi) is 6.49. The number of benzene rings is 2. The number of hydrogen-bond donors (Lipinski definition) is 3. The van der Waals surface area contributed by atoms with Crippen molar-refractivity contribution in [1.29, 1.82) is 0 Å². The highest BCUT2D eigenvalue weighted by molar-refractivity contribution is 9.10. The molecule has 0 saturated heterocycles. The lowest BCUT2D eigenvalue weighted by atomic mass is 10.2. The Balaban J connectivity index is 1.72. The first-order valence-electron chi connectivity index (χ1n) is 6.85. The van der Waals surface area contributed by atoms with Gasteiger partial charge in [0.05, 0.1) is 12.2 Å². The first-order chi connectivity index (χ1) is 11.0. The van der Waals surface area contributed by atoms with E-state index >= 15 is 0 Å². The van der Waals surface area contributed by atoms with Gasteiger partial charge in [-0.25, -0.2) is 4.39 Å². The molecule has 2 aromatic rings. The van der Waals surface area contributed by atoms with Crippen molar-refractivity contribution in [3.63, 3.8) is 0 Å². The number of thiocarbonyl (C=S) groups is 1. The molecule has 0 aliphatic heterocycles. The highest BCUT2D eigenvalue weighted by atomic mass is 79.9. The molecule has 4 nitrogen and oxygen atoms in total. The maximum Gasteiger partial charge on any atom is 0.243 e. The zero-order valence-corrected chi connectivity index (χ0v) is 14.5. The first kappa shape index (κ1) is 17.4. The Morgan fingerprint density at radius 3 is 2.48 bits per heavy atom. The van der Waals surface area contributed by atoms with E-state index in [2.05, 4.69) is 31.9 Å². The average Bonchev–Trinajstić information content (AvgIpc) is 2.54. The molecule has 0 heterocycles. The molecule has 0 spiro atoms. The average molecular weight is 396 g/mol. The van der Waals surface area contributed by atoms with Crippen molar-refractivity contribution in [3.05, 3.63) is 64.4 Å². The normalized spacial score (nSPS) is 10.0. The fourth-order valence-corrected chi connectivity index (χ4v) is 2.29. The van der Waals surface area contributed by atoms with E-state index in [0.717, 1.165) is 10.0 Å². The van der Waals surface area contributed by atoms with Gasteiger partial charge >= 0.3 is 0 Å². The summed E-state index contributed by atoms with van der Waals surface area (Å²) in [6, 6.07) is 13.5. The standard InChI is InChI=1S/C16H15BrFN3OS/c17-13-3-1-2-4-14(13)21-15(22)10-20-16(23)19-9-11-5-7-12(18)8-6-11/h1-8H,9-10H2,(H,21,22)(H2,19,20,23). The quantitative estimate of drug-likeness (QED) is 0.680. The zero-order valence-electron chi connectivity index (χ0n) is 12.1. The van der Waals surface area contributed by atoms with Gasteiger partial charge < -0.3 is 16.0 Å². The van der Waals surface area contributed by atoms with E-state index in [4.69, 9.17) is 12.2 Å². The van der Waals surface area contributed by atoms with Crippen LogP contribution in [0.1, 0.15) is 5.56 Å². The molecular formula is C16H15BrFN3OS. The molecular weight excluding hydrogens is 381 g/mol. The van der Waals surface area contributed by atoms with Gasteiger partial charge in [0.2, 0.25) is 5.91 Å². The van der Waals surface area contributed by atoms with Gasteiger partial charge in [0, 0.05) is 11.0 Å². The fourth-order valence-electron chi connectivity index (χ4n) is 1.76. The van der Waals surface area contributed by atoms with E-state index in [1.165, 1.54) is 12.1 Å². The van der Waals surface area contributed by atoms with Crippen molar-refractivity contribution in [2.24, 2.45) is 0 Å². The minimum atomic E-state index is -0.279. The lowest BCUT2D eigenvalue weighted by Gasteiger charge is -2.11. The van der Waals surface area contributed by atoms with Gasteiger partial charge in [-0.2, -0.15) is 0 Å². The smallest absolute Gasteiger partial charge is 0.243 e. The molecule has 0 fully saturated rings.